The van der Waals surface area contributed by atoms with Crippen LogP contribution in [0.2, 0.25) is 0 Å². The fourth-order valence-corrected chi connectivity index (χ4v) is 3.76. The van der Waals surface area contributed by atoms with Crippen molar-refractivity contribution in [2.24, 2.45) is 0 Å². The van der Waals surface area contributed by atoms with Crippen molar-refractivity contribution in [3.8, 4) is 0 Å². The zero-order chi connectivity index (χ0) is 20.1. The zero-order valence-electron chi connectivity index (χ0n) is 17.2. The number of aryl methyl sites for hydroxylation is 2. The molecular formula is C24H30N2O2. The van der Waals surface area contributed by atoms with Gasteiger partial charge in [0.15, 0.2) is 5.78 Å². The number of carbonyl (C=O) groups excluding carboxylic acids is 2. The van der Waals surface area contributed by atoms with Gasteiger partial charge in [0.2, 0.25) is 5.91 Å². The van der Waals surface area contributed by atoms with Gasteiger partial charge in [-0.15, -0.1) is 0 Å². The molecule has 0 bridgehead atoms. The number of hydrogen-bond acceptors (Lipinski definition) is 3. The van der Waals surface area contributed by atoms with Crippen molar-refractivity contribution >= 4 is 17.4 Å². The molecule has 0 saturated heterocycles. The summed E-state index contributed by atoms with van der Waals surface area (Å²) < 4.78 is 0. The van der Waals surface area contributed by atoms with E-state index in [-0.39, 0.29) is 24.5 Å². The Hall–Kier alpha value is -2.62. The lowest BCUT2D eigenvalue weighted by Gasteiger charge is -2.21. The molecule has 0 unspecified atom stereocenters. The molecule has 0 heterocycles. The fourth-order valence-electron chi connectivity index (χ4n) is 3.76. The molecule has 2 aromatic rings. The molecule has 28 heavy (non-hydrogen) atoms. The highest BCUT2D eigenvalue weighted by Gasteiger charge is 2.17. The van der Waals surface area contributed by atoms with Crippen LogP contribution >= 0.6 is 0 Å². The largest absolute Gasteiger partial charge is 0.378 e. The molecule has 0 aliphatic heterocycles. The van der Waals surface area contributed by atoms with Crippen LogP contribution in [0, 0.1) is 0 Å². The van der Waals surface area contributed by atoms with Gasteiger partial charge in [-0.3, -0.25) is 9.59 Å². The van der Waals surface area contributed by atoms with E-state index < -0.39 is 0 Å². The van der Waals surface area contributed by atoms with Crippen molar-refractivity contribution in [2.75, 3.05) is 25.5 Å². The maximum Gasteiger partial charge on any atom is 0.223 e. The van der Waals surface area contributed by atoms with Crippen LogP contribution in [0.15, 0.2) is 42.5 Å². The van der Waals surface area contributed by atoms with E-state index in [9.17, 15) is 9.59 Å². The number of fused-ring (bicyclic) bond motifs is 1. The van der Waals surface area contributed by atoms with Gasteiger partial charge in [0.05, 0.1) is 0 Å². The average Bonchev–Trinajstić information content (AvgIpc) is 3.18. The van der Waals surface area contributed by atoms with Gasteiger partial charge < -0.3 is 9.80 Å². The summed E-state index contributed by atoms with van der Waals surface area (Å²) in [5.41, 5.74) is 5.65. The summed E-state index contributed by atoms with van der Waals surface area (Å²) in [4.78, 5) is 29.1. The van der Waals surface area contributed by atoms with Crippen LogP contribution in [-0.4, -0.2) is 37.2 Å². The van der Waals surface area contributed by atoms with Gasteiger partial charge in [0.25, 0.3) is 0 Å². The van der Waals surface area contributed by atoms with E-state index in [1.807, 2.05) is 38.1 Å². The summed E-state index contributed by atoms with van der Waals surface area (Å²) in [6.07, 6.45) is 3.88. The molecule has 148 valence electrons. The Morgan fingerprint density at radius 2 is 1.64 bits per heavy atom. The topological polar surface area (TPSA) is 40.6 Å². The normalized spacial score (nSPS) is 12.5. The number of ketones is 1. The molecule has 3 rings (SSSR count). The van der Waals surface area contributed by atoms with Crippen LogP contribution < -0.4 is 4.90 Å². The number of amides is 1. The van der Waals surface area contributed by atoms with E-state index in [2.05, 4.69) is 35.2 Å². The van der Waals surface area contributed by atoms with Crippen molar-refractivity contribution < 1.29 is 9.59 Å². The van der Waals surface area contributed by atoms with Crippen LogP contribution in [0.4, 0.5) is 5.69 Å². The maximum atomic E-state index is 12.6. The first kappa shape index (κ1) is 20.1. The molecule has 0 spiro atoms. The van der Waals surface area contributed by atoms with Crippen LogP contribution in [0.3, 0.4) is 0 Å². The summed E-state index contributed by atoms with van der Waals surface area (Å²) in [5.74, 6) is 0.100. The molecule has 0 N–H and O–H groups in total. The van der Waals surface area contributed by atoms with Gasteiger partial charge >= 0.3 is 0 Å². The second kappa shape index (κ2) is 9.05. The minimum Gasteiger partial charge on any atom is -0.378 e. The molecular weight excluding hydrogens is 348 g/mol. The SMILES string of the molecule is CCN(Cc1ccc(N(C)C)cc1)C(=O)CCC(=O)c1ccc2c(c1)CCC2. The predicted octanol–water partition coefficient (Wildman–Crippen LogP) is 4.25. The third-order valence-electron chi connectivity index (χ3n) is 5.55. The highest BCUT2D eigenvalue weighted by molar-refractivity contribution is 5.98. The highest BCUT2D eigenvalue weighted by atomic mass is 16.2. The van der Waals surface area contributed by atoms with Crippen molar-refractivity contribution in [3.63, 3.8) is 0 Å². The number of Topliss-reactive ketones (excluding diaryl/α,β-unsaturated/α-hetero) is 1. The Labute approximate surface area is 168 Å². The molecule has 0 aromatic heterocycles. The summed E-state index contributed by atoms with van der Waals surface area (Å²) in [6.45, 7) is 3.20. The number of hydrogen-bond donors (Lipinski definition) is 0. The number of carbonyl (C=O) groups is 2. The third-order valence-corrected chi connectivity index (χ3v) is 5.55. The average molecular weight is 379 g/mol. The first-order valence-corrected chi connectivity index (χ1v) is 10.2. The lowest BCUT2D eigenvalue weighted by Crippen LogP contribution is -2.30. The third kappa shape index (κ3) is 4.80. The van der Waals surface area contributed by atoms with E-state index in [1.165, 1.54) is 17.5 Å². The minimum atomic E-state index is 0.0358. The number of nitrogens with zero attached hydrogens (tertiary/aromatic N) is 2. The van der Waals surface area contributed by atoms with E-state index in [4.69, 9.17) is 0 Å². The van der Waals surface area contributed by atoms with E-state index >= 15 is 0 Å². The summed E-state index contributed by atoms with van der Waals surface area (Å²) in [6, 6.07) is 14.3. The fraction of sp³-hybridized carbons (Fsp3) is 0.417. The van der Waals surface area contributed by atoms with Crippen molar-refractivity contribution in [1.82, 2.24) is 4.90 Å². The van der Waals surface area contributed by atoms with Crippen LogP contribution in [0.25, 0.3) is 0 Å². The van der Waals surface area contributed by atoms with Crippen LogP contribution in [0.1, 0.15) is 53.2 Å². The van der Waals surface area contributed by atoms with Gasteiger partial charge in [-0.1, -0.05) is 24.3 Å². The van der Waals surface area contributed by atoms with Gasteiger partial charge in [0, 0.05) is 51.3 Å². The molecule has 1 aliphatic carbocycles. The van der Waals surface area contributed by atoms with E-state index in [1.54, 1.807) is 0 Å². The van der Waals surface area contributed by atoms with Crippen LogP contribution in [-0.2, 0) is 24.2 Å². The molecule has 1 aliphatic rings. The van der Waals surface area contributed by atoms with E-state index in [0.29, 0.717) is 13.1 Å². The lowest BCUT2D eigenvalue weighted by molar-refractivity contribution is -0.131. The predicted molar refractivity (Wildman–Crippen MR) is 114 cm³/mol. The van der Waals surface area contributed by atoms with Gasteiger partial charge in [-0.05, 0) is 61.1 Å². The van der Waals surface area contributed by atoms with Gasteiger partial charge in [-0.25, -0.2) is 0 Å². The Morgan fingerprint density at radius 1 is 0.929 bits per heavy atom. The monoisotopic (exact) mass is 378 g/mol. The molecule has 0 fully saturated rings. The maximum absolute atomic E-state index is 12.6. The number of benzene rings is 2. The quantitative estimate of drug-likeness (QED) is 0.645. The van der Waals surface area contributed by atoms with Crippen molar-refractivity contribution in [3.05, 3.63) is 64.7 Å². The molecule has 4 nitrogen and oxygen atoms in total. The Morgan fingerprint density at radius 3 is 2.32 bits per heavy atom. The lowest BCUT2D eigenvalue weighted by atomic mass is 10.0. The first-order valence-electron chi connectivity index (χ1n) is 10.2. The van der Waals surface area contributed by atoms with Crippen LogP contribution in [0.5, 0.6) is 0 Å². The highest BCUT2D eigenvalue weighted by Crippen LogP contribution is 2.23. The summed E-state index contributed by atoms with van der Waals surface area (Å²) in [5, 5.41) is 0. The number of anilines is 1. The Balaban J connectivity index is 1.55. The van der Waals surface area contributed by atoms with Crippen molar-refractivity contribution in [1.29, 1.82) is 0 Å². The van der Waals surface area contributed by atoms with E-state index in [0.717, 1.165) is 29.7 Å². The Bertz CT molecular complexity index is 840. The molecule has 0 radical (unpaired) electrons. The van der Waals surface area contributed by atoms with Gasteiger partial charge in [-0.2, -0.15) is 0 Å². The van der Waals surface area contributed by atoms with Crippen molar-refractivity contribution in [2.45, 2.75) is 45.6 Å². The summed E-state index contributed by atoms with van der Waals surface area (Å²) in [7, 11) is 4.02. The Kier molecular flexibility index (Phi) is 6.50. The minimum absolute atomic E-state index is 0.0358. The molecule has 0 saturated carbocycles. The first-order chi connectivity index (χ1) is 13.5. The molecule has 0 atom stereocenters. The smallest absolute Gasteiger partial charge is 0.223 e. The second-order valence-electron chi connectivity index (χ2n) is 7.73. The summed E-state index contributed by atoms with van der Waals surface area (Å²) >= 11 is 0. The van der Waals surface area contributed by atoms with Gasteiger partial charge in [0.1, 0.15) is 0 Å². The molecule has 4 heteroatoms. The molecule has 1 amide bonds. The standard InChI is InChI=1S/C24H30N2O2/c1-4-26(17-18-8-12-22(13-9-18)25(2)3)24(28)15-14-23(27)21-11-10-19-6-5-7-20(19)16-21/h8-13,16H,4-7,14-15,17H2,1-3H3. The number of rotatable bonds is 8. The zero-order valence-corrected chi connectivity index (χ0v) is 17.2. The molecule has 2 aromatic carbocycles. The second-order valence-corrected chi connectivity index (χ2v) is 7.73.